The predicted molar refractivity (Wildman–Crippen MR) is 92.6 cm³/mol. The van der Waals surface area contributed by atoms with Crippen molar-refractivity contribution in [3.63, 3.8) is 0 Å². The summed E-state index contributed by atoms with van der Waals surface area (Å²) in [7, 11) is 1.26. The summed E-state index contributed by atoms with van der Waals surface area (Å²) >= 11 is 5.39. The molecule has 0 bridgehead atoms. The monoisotopic (exact) mass is 351 g/mol. The van der Waals surface area contributed by atoms with Crippen LogP contribution in [0, 0.1) is 0 Å². The molecule has 23 heavy (non-hydrogen) atoms. The van der Waals surface area contributed by atoms with Gasteiger partial charge in [-0.2, -0.15) is 12.6 Å². The Hall–Kier alpha value is -1.90. The van der Waals surface area contributed by atoms with Gasteiger partial charge in [0.05, 0.1) is 7.11 Å². The Kier molecular flexibility index (Phi) is 6.14. The van der Waals surface area contributed by atoms with Crippen molar-refractivity contribution >= 4 is 35.8 Å². The van der Waals surface area contributed by atoms with Crippen molar-refractivity contribution < 1.29 is 14.3 Å². The largest absolute Gasteiger partial charge is 0.467 e. The molecule has 1 aromatic carbocycles. The van der Waals surface area contributed by atoms with Gasteiger partial charge in [0, 0.05) is 23.2 Å². The average molecular weight is 351 g/mol. The first-order chi connectivity index (χ1) is 11.1. The number of ether oxygens (including phenoxy) is 1. The van der Waals surface area contributed by atoms with Gasteiger partial charge in [-0.15, -0.1) is 11.3 Å². The Labute approximate surface area is 143 Å². The van der Waals surface area contributed by atoms with E-state index < -0.39 is 17.9 Å². The number of carbonyl (C=O) groups is 2. The van der Waals surface area contributed by atoms with Crippen LogP contribution in [0.4, 0.5) is 0 Å². The molecule has 3 N–H and O–H groups in total. The number of nitrogens with two attached hydrogens (primary N) is 1. The lowest BCUT2D eigenvalue weighted by Gasteiger charge is -2.12. The molecule has 1 amide bonds. The summed E-state index contributed by atoms with van der Waals surface area (Å²) < 4.78 is 4.61. The number of esters is 1. The minimum Gasteiger partial charge on any atom is -0.467 e. The SMILES string of the molecule is COC(=O)C(CS)NC(=O)c1csc(-c2ccc(CN)cc2)n1. The van der Waals surface area contributed by atoms with Gasteiger partial charge in [0.1, 0.15) is 16.7 Å². The van der Waals surface area contributed by atoms with Crippen molar-refractivity contribution in [1.29, 1.82) is 0 Å². The zero-order valence-corrected chi connectivity index (χ0v) is 14.2. The number of amides is 1. The maximum absolute atomic E-state index is 12.2. The summed E-state index contributed by atoms with van der Waals surface area (Å²) in [5, 5.41) is 4.92. The van der Waals surface area contributed by atoms with Gasteiger partial charge in [-0.3, -0.25) is 4.79 Å². The van der Waals surface area contributed by atoms with E-state index in [-0.39, 0.29) is 11.4 Å². The number of thiazole rings is 1. The lowest BCUT2D eigenvalue weighted by Crippen LogP contribution is -2.43. The van der Waals surface area contributed by atoms with Crippen molar-refractivity contribution in [2.45, 2.75) is 12.6 Å². The number of hydrogen-bond donors (Lipinski definition) is 3. The van der Waals surface area contributed by atoms with Gasteiger partial charge in [0.15, 0.2) is 0 Å². The number of thiol groups is 1. The molecule has 0 spiro atoms. The molecule has 0 aliphatic carbocycles. The first-order valence-electron chi connectivity index (χ1n) is 6.83. The third kappa shape index (κ3) is 4.31. The van der Waals surface area contributed by atoms with Gasteiger partial charge in [-0.05, 0) is 5.56 Å². The summed E-state index contributed by atoms with van der Waals surface area (Å²) in [5.41, 5.74) is 7.75. The van der Waals surface area contributed by atoms with Crippen LogP contribution in [-0.2, 0) is 16.1 Å². The van der Waals surface area contributed by atoms with Crippen molar-refractivity contribution in [2.75, 3.05) is 12.9 Å². The molecule has 2 aromatic rings. The van der Waals surface area contributed by atoms with E-state index in [0.717, 1.165) is 16.1 Å². The fourth-order valence-corrected chi connectivity index (χ4v) is 2.89. The van der Waals surface area contributed by atoms with E-state index in [0.29, 0.717) is 6.54 Å². The van der Waals surface area contributed by atoms with Crippen LogP contribution in [0.1, 0.15) is 16.1 Å². The van der Waals surface area contributed by atoms with E-state index in [2.05, 4.69) is 27.7 Å². The van der Waals surface area contributed by atoms with Gasteiger partial charge in [-0.1, -0.05) is 24.3 Å². The van der Waals surface area contributed by atoms with Gasteiger partial charge in [-0.25, -0.2) is 9.78 Å². The van der Waals surface area contributed by atoms with E-state index in [1.807, 2.05) is 24.3 Å². The molecule has 1 unspecified atom stereocenters. The second-order valence-corrected chi connectivity index (χ2v) is 5.89. The fourth-order valence-electron chi connectivity index (χ4n) is 1.85. The number of aromatic nitrogens is 1. The van der Waals surface area contributed by atoms with Crippen molar-refractivity contribution in [2.24, 2.45) is 5.73 Å². The van der Waals surface area contributed by atoms with Crippen LogP contribution < -0.4 is 11.1 Å². The zero-order valence-electron chi connectivity index (χ0n) is 12.5. The van der Waals surface area contributed by atoms with Gasteiger partial charge in [0.25, 0.3) is 5.91 Å². The summed E-state index contributed by atoms with van der Waals surface area (Å²) in [6.45, 7) is 0.477. The summed E-state index contributed by atoms with van der Waals surface area (Å²) in [6.07, 6.45) is 0. The smallest absolute Gasteiger partial charge is 0.329 e. The standard InChI is InChI=1S/C15H17N3O3S2/c1-21-15(20)11(7-22)17-13(19)12-8-23-14(18-12)10-4-2-9(6-16)3-5-10/h2-5,8,11,22H,6-7,16H2,1H3,(H,17,19). The van der Waals surface area contributed by atoms with Crippen LogP contribution in [-0.4, -0.2) is 35.8 Å². The first-order valence-corrected chi connectivity index (χ1v) is 8.34. The zero-order chi connectivity index (χ0) is 16.8. The molecule has 0 aliphatic rings. The number of carbonyl (C=O) groups excluding carboxylic acids is 2. The number of rotatable bonds is 6. The second kappa shape index (κ2) is 8.09. The number of methoxy groups -OCH3 is 1. The second-order valence-electron chi connectivity index (χ2n) is 4.67. The van der Waals surface area contributed by atoms with Crippen LogP contribution in [0.15, 0.2) is 29.6 Å². The molecule has 0 fully saturated rings. The molecule has 0 radical (unpaired) electrons. The molecule has 0 saturated heterocycles. The lowest BCUT2D eigenvalue weighted by atomic mass is 10.1. The van der Waals surface area contributed by atoms with Crippen molar-refractivity contribution in [3.8, 4) is 10.6 Å². The molecule has 0 aliphatic heterocycles. The first kappa shape index (κ1) is 17.5. The van der Waals surface area contributed by atoms with E-state index in [1.165, 1.54) is 18.4 Å². The van der Waals surface area contributed by atoms with Crippen LogP contribution in [0.3, 0.4) is 0 Å². The average Bonchev–Trinajstić information content (AvgIpc) is 3.09. The number of benzene rings is 1. The maximum Gasteiger partial charge on any atom is 0.329 e. The fraction of sp³-hybridized carbons (Fsp3) is 0.267. The van der Waals surface area contributed by atoms with E-state index in [9.17, 15) is 9.59 Å². The normalized spacial score (nSPS) is 11.8. The highest BCUT2D eigenvalue weighted by atomic mass is 32.1. The number of nitrogens with zero attached hydrogens (tertiary/aromatic N) is 1. The van der Waals surface area contributed by atoms with E-state index in [4.69, 9.17) is 5.73 Å². The van der Waals surface area contributed by atoms with Crippen molar-refractivity contribution in [3.05, 3.63) is 40.9 Å². The molecule has 8 heteroatoms. The minimum atomic E-state index is -0.801. The minimum absolute atomic E-state index is 0.149. The Bertz CT molecular complexity index is 686. The molecular weight excluding hydrogens is 334 g/mol. The Morgan fingerprint density at radius 2 is 2.09 bits per heavy atom. The van der Waals surface area contributed by atoms with E-state index >= 15 is 0 Å². The Balaban J connectivity index is 2.11. The molecule has 1 heterocycles. The van der Waals surface area contributed by atoms with Gasteiger partial charge < -0.3 is 15.8 Å². The molecule has 2 rings (SSSR count). The van der Waals surface area contributed by atoms with Crippen LogP contribution in [0.2, 0.25) is 0 Å². The Morgan fingerprint density at radius 1 is 1.39 bits per heavy atom. The molecule has 1 atom stereocenters. The molecular formula is C15H17N3O3S2. The highest BCUT2D eigenvalue weighted by molar-refractivity contribution is 7.80. The molecule has 0 saturated carbocycles. The summed E-state index contributed by atoms with van der Waals surface area (Å²) in [6, 6.07) is 6.86. The number of nitrogens with one attached hydrogen (secondary N) is 1. The van der Waals surface area contributed by atoms with Crippen molar-refractivity contribution in [1.82, 2.24) is 10.3 Å². The molecule has 6 nitrogen and oxygen atoms in total. The third-order valence-electron chi connectivity index (χ3n) is 3.15. The topological polar surface area (TPSA) is 94.3 Å². The summed E-state index contributed by atoms with van der Waals surface area (Å²) in [4.78, 5) is 27.9. The van der Waals surface area contributed by atoms with Gasteiger partial charge >= 0.3 is 5.97 Å². The quantitative estimate of drug-likeness (QED) is 0.541. The number of hydrogen-bond acceptors (Lipinski definition) is 7. The van der Waals surface area contributed by atoms with Crippen LogP contribution in [0.25, 0.3) is 10.6 Å². The summed E-state index contributed by atoms with van der Waals surface area (Å²) in [5.74, 6) is -0.827. The predicted octanol–water partition coefficient (Wildman–Crippen LogP) is 1.47. The third-order valence-corrected chi connectivity index (χ3v) is 4.40. The molecule has 122 valence electrons. The van der Waals surface area contributed by atoms with Crippen LogP contribution >= 0.6 is 24.0 Å². The maximum atomic E-state index is 12.2. The Morgan fingerprint density at radius 3 is 2.65 bits per heavy atom. The highest BCUT2D eigenvalue weighted by Gasteiger charge is 2.22. The molecule has 1 aromatic heterocycles. The van der Waals surface area contributed by atoms with Gasteiger partial charge in [0.2, 0.25) is 0 Å². The van der Waals surface area contributed by atoms with E-state index in [1.54, 1.807) is 5.38 Å². The highest BCUT2D eigenvalue weighted by Crippen LogP contribution is 2.24. The lowest BCUT2D eigenvalue weighted by molar-refractivity contribution is -0.142. The van der Waals surface area contributed by atoms with Crippen LogP contribution in [0.5, 0.6) is 0 Å².